The maximum absolute atomic E-state index is 14.7. The van der Waals surface area contributed by atoms with Crippen molar-refractivity contribution in [2.24, 2.45) is 5.41 Å². The Labute approximate surface area is 136 Å². The fourth-order valence-corrected chi connectivity index (χ4v) is 3.58. The molecule has 1 aromatic rings. The van der Waals surface area contributed by atoms with Crippen LogP contribution in [0, 0.1) is 11.2 Å². The Bertz CT molecular complexity index is 649. The zero-order valence-electron chi connectivity index (χ0n) is 13.9. The molecule has 4 N–H and O–H groups in total. The summed E-state index contributed by atoms with van der Waals surface area (Å²) < 4.78 is 20.3. The smallest absolute Gasteiger partial charge is 0.157 e. The molecule has 0 spiro atoms. The van der Waals surface area contributed by atoms with Gasteiger partial charge < -0.3 is 20.9 Å². The first-order valence-corrected chi connectivity index (χ1v) is 8.13. The van der Waals surface area contributed by atoms with Crippen LogP contribution in [0.2, 0.25) is 0 Å². The Kier molecular flexibility index (Phi) is 4.10. The van der Waals surface area contributed by atoms with Gasteiger partial charge in [0.25, 0.3) is 0 Å². The lowest BCUT2D eigenvalue weighted by molar-refractivity contribution is 0.0788. The number of fused-ring (bicyclic) bond motifs is 1. The van der Waals surface area contributed by atoms with Crippen molar-refractivity contribution in [3.8, 4) is 5.75 Å². The van der Waals surface area contributed by atoms with Crippen LogP contribution in [0.5, 0.6) is 5.75 Å². The van der Waals surface area contributed by atoms with E-state index in [-0.39, 0.29) is 17.1 Å². The Balaban J connectivity index is 1.99. The molecule has 3 rings (SSSR count). The van der Waals surface area contributed by atoms with Crippen LogP contribution in [0.4, 0.5) is 10.1 Å². The van der Waals surface area contributed by atoms with Crippen molar-refractivity contribution in [1.29, 1.82) is 0 Å². The third kappa shape index (κ3) is 2.95. The third-order valence-electron chi connectivity index (χ3n) is 4.69. The molecule has 0 radical (unpaired) electrons. The van der Waals surface area contributed by atoms with Gasteiger partial charge in [-0.1, -0.05) is 26.8 Å². The molecule has 0 bridgehead atoms. The lowest BCUT2D eigenvalue weighted by Crippen LogP contribution is -2.48. The molecule has 0 fully saturated rings. The quantitative estimate of drug-likeness (QED) is 0.696. The lowest BCUT2D eigenvalue weighted by Gasteiger charge is -2.34. The first kappa shape index (κ1) is 16.3. The second-order valence-electron chi connectivity index (χ2n) is 7.49. The van der Waals surface area contributed by atoms with Crippen molar-refractivity contribution >= 4 is 11.3 Å². The number of hydrogen-bond acceptors (Lipinski definition) is 4. The van der Waals surface area contributed by atoms with E-state index in [1.165, 1.54) is 0 Å². The number of nitrogens with two attached hydrogens (primary N) is 1. The van der Waals surface area contributed by atoms with Crippen molar-refractivity contribution in [3.63, 3.8) is 0 Å². The van der Waals surface area contributed by atoms with Gasteiger partial charge in [0, 0.05) is 31.0 Å². The van der Waals surface area contributed by atoms with Crippen molar-refractivity contribution in [2.45, 2.75) is 45.8 Å². The van der Waals surface area contributed by atoms with Crippen LogP contribution >= 0.6 is 0 Å². The third-order valence-corrected chi connectivity index (χ3v) is 4.69. The van der Waals surface area contributed by atoms with E-state index in [1.54, 1.807) is 6.07 Å². The van der Waals surface area contributed by atoms with Crippen LogP contribution in [0.3, 0.4) is 0 Å². The summed E-state index contributed by atoms with van der Waals surface area (Å²) in [4.78, 5) is 0. The van der Waals surface area contributed by atoms with Crippen molar-refractivity contribution in [2.75, 3.05) is 18.9 Å². The molecule has 4 nitrogen and oxygen atoms in total. The summed E-state index contributed by atoms with van der Waals surface area (Å²) >= 11 is 0. The number of nitrogens with one attached hydrogen (secondary N) is 1. The molecule has 2 unspecified atom stereocenters. The summed E-state index contributed by atoms with van der Waals surface area (Å²) in [6, 6.07) is 1.60. The number of halogens is 1. The fourth-order valence-electron chi connectivity index (χ4n) is 3.58. The fraction of sp³-hybridized carbons (Fsp3) is 0.556. The van der Waals surface area contributed by atoms with Crippen molar-refractivity contribution in [3.05, 3.63) is 29.1 Å². The van der Waals surface area contributed by atoms with Gasteiger partial charge in [-0.15, -0.1) is 0 Å². The van der Waals surface area contributed by atoms with Crippen LogP contribution in [-0.2, 0) is 6.42 Å². The Morgan fingerprint density at radius 2 is 2.13 bits per heavy atom. The number of rotatable bonds is 1. The molecular formula is C18H25FN2O2. The Hall–Kier alpha value is -1.59. The highest BCUT2D eigenvalue weighted by molar-refractivity contribution is 5.77. The molecule has 0 saturated heterocycles. The van der Waals surface area contributed by atoms with E-state index < -0.39 is 11.9 Å². The van der Waals surface area contributed by atoms with E-state index in [0.717, 1.165) is 17.6 Å². The first-order chi connectivity index (χ1) is 10.8. The number of ether oxygens (including phenoxy) is 1. The van der Waals surface area contributed by atoms with Gasteiger partial charge in [0.05, 0.1) is 24.0 Å². The largest absolute Gasteiger partial charge is 0.492 e. The van der Waals surface area contributed by atoms with Gasteiger partial charge in [-0.2, -0.15) is 0 Å². The van der Waals surface area contributed by atoms with Gasteiger partial charge in [0.1, 0.15) is 5.75 Å². The van der Waals surface area contributed by atoms with Crippen LogP contribution in [0.15, 0.2) is 12.1 Å². The Morgan fingerprint density at radius 1 is 1.39 bits per heavy atom. The minimum Gasteiger partial charge on any atom is -0.492 e. The SMILES string of the molecule is CC(C)(C)C1NCC=C(c2c(F)c(N)cc3c2OCC3)CC1O. The molecule has 0 aliphatic carbocycles. The molecule has 126 valence electrons. The second kappa shape index (κ2) is 5.80. The molecule has 2 heterocycles. The molecule has 1 aromatic carbocycles. The Morgan fingerprint density at radius 3 is 2.83 bits per heavy atom. The van der Waals surface area contributed by atoms with E-state index >= 15 is 0 Å². The van der Waals surface area contributed by atoms with E-state index in [9.17, 15) is 9.50 Å². The van der Waals surface area contributed by atoms with Gasteiger partial charge in [0.15, 0.2) is 5.82 Å². The summed E-state index contributed by atoms with van der Waals surface area (Å²) in [5, 5.41) is 14.0. The molecule has 2 aliphatic heterocycles. The number of benzene rings is 1. The standard InChI is InChI=1S/C18H25FN2O2/c1-18(2,3)17-13(22)9-10(4-6-21-17)14-15(19)12(20)8-11-5-7-23-16(11)14/h4,8,13,17,21-22H,5-7,9,20H2,1-3H3. The molecular weight excluding hydrogens is 295 g/mol. The number of aliphatic hydroxyl groups is 1. The van der Waals surface area contributed by atoms with Crippen LogP contribution in [0.25, 0.3) is 5.57 Å². The zero-order valence-corrected chi connectivity index (χ0v) is 13.9. The van der Waals surface area contributed by atoms with Gasteiger partial charge in [-0.25, -0.2) is 4.39 Å². The van der Waals surface area contributed by atoms with Gasteiger partial charge in [-0.05, 0) is 17.1 Å². The van der Waals surface area contributed by atoms with Crippen molar-refractivity contribution in [1.82, 2.24) is 5.32 Å². The molecule has 0 aromatic heterocycles. The van der Waals surface area contributed by atoms with E-state index in [2.05, 4.69) is 26.1 Å². The molecule has 0 amide bonds. The van der Waals surface area contributed by atoms with E-state index in [4.69, 9.17) is 10.5 Å². The van der Waals surface area contributed by atoms with Crippen molar-refractivity contribution < 1.29 is 14.2 Å². The number of hydrogen-bond donors (Lipinski definition) is 3. The number of aliphatic hydroxyl groups excluding tert-OH is 1. The maximum Gasteiger partial charge on any atom is 0.157 e. The predicted molar refractivity (Wildman–Crippen MR) is 89.9 cm³/mol. The van der Waals surface area contributed by atoms with Gasteiger partial charge >= 0.3 is 0 Å². The van der Waals surface area contributed by atoms with E-state index in [0.29, 0.717) is 30.9 Å². The topological polar surface area (TPSA) is 67.5 Å². The molecule has 23 heavy (non-hydrogen) atoms. The highest BCUT2D eigenvalue weighted by Gasteiger charge is 2.34. The summed E-state index contributed by atoms with van der Waals surface area (Å²) in [6.07, 6.45) is 2.47. The summed E-state index contributed by atoms with van der Waals surface area (Å²) in [7, 11) is 0. The summed E-state index contributed by atoms with van der Waals surface area (Å²) in [5.41, 5.74) is 8.02. The molecule has 5 heteroatoms. The lowest BCUT2D eigenvalue weighted by atomic mass is 9.81. The minimum absolute atomic E-state index is 0.0608. The van der Waals surface area contributed by atoms with Gasteiger partial charge in [0.2, 0.25) is 0 Å². The predicted octanol–water partition coefficient (Wildman–Crippen LogP) is 2.50. The van der Waals surface area contributed by atoms with Gasteiger partial charge in [-0.3, -0.25) is 0 Å². The van der Waals surface area contributed by atoms with E-state index in [1.807, 2.05) is 6.08 Å². The monoisotopic (exact) mass is 320 g/mol. The second-order valence-corrected chi connectivity index (χ2v) is 7.49. The maximum atomic E-state index is 14.7. The highest BCUT2D eigenvalue weighted by Crippen LogP contribution is 2.41. The number of anilines is 1. The normalized spacial score (nSPS) is 24.7. The molecule has 2 atom stereocenters. The first-order valence-electron chi connectivity index (χ1n) is 8.13. The molecule has 0 saturated carbocycles. The average Bonchev–Trinajstić information content (AvgIpc) is 2.80. The highest BCUT2D eigenvalue weighted by atomic mass is 19.1. The summed E-state index contributed by atoms with van der Waals surface area (Å²) in [5.74, 6) is 0.141. The number of nitrogen functional groups attached to an aromatic ring is 1. The van der Waals surface area contributed by atoms with Crippen LogP contribution < -0.4 is 15.8 Å². The average molecular weight is 320 g/mol. The summed E-state index contributed by atoms with van der Waals surface area (Å²) in [6.45, 7) is 7.38. The van der Waals surface area contributed by atoms with Crippen LogP contribution in [0.1, 0.15) is 38.3 Å². The molecule has 2 aliphatic rings. The minimum atomic E-state index is -0.596. The van der Waals surface area contributed by atoms with Crippen LogP contribution in [-0.4, -0.2) is 30.4 Å². The zero-order chi connectivity index (χ0) is 16.8.